The molecule has 31 heavy (non-hydrogen) atoms. The largest absolute Gasteiger partial charge is 0.494 e. The maximum absolute atomic E-state index is 13.3. The Bertz CT molecular complexity index is 1290. The molecule has 0 bridgehead atoms. The molecule has 4 aromatic rings. The Kier molecular flexibility index (Phi) is 5.75. The summed E-state index contributed by atoms with van der Waals surface area (Å²) < 4.78 is 12.5. The van der Waals surface area contributed by atoms with Crippen LogP contribution in [0.5, 0.6) is 5.75 Å². The van der Waals surface area contributed by atoms with E-state index in [4.69, 9.17) is 9.15 Å². The third-order valence-corrected chi connectivity index (χ3v) is 5.14. The number of amides is 1. The number of benzene rings is 2. The summed E-state index contributed by atoms with van der Waals surface area (Å²) in [6, 6.07) is 13.1. The fraction of sp³-hybridized carbons (Fsp3) is 0.292. The molecule has 0 saturated heterocycles. The van der Waals surface area contributed by atoms with Crippen molar-refractivity contribution >= 4 is 33.5 Å². The SMILES string of the molecule is CCCN(C(=O)Cn1ncc2c(=O)oc3ccc(C)cc3c21)c1ccc(OCC)cc1. The molecular formula is C24H25N3O4. The highest BCUT2D eigenvalue weighted by Gasteiger charge is 2.20. The monoisotopic (exact) mass is 419 g/mol. The van der Waals surface area contributed by atoms with Crippen molar-refractivity contribution in [3.8, 4) is 5.75 Å². The molecular weight excluding hydrogens is 394 g/mol. The fourth-order valence-electron chi connectivity index (χ4n) is 3.74. The highest BCUT2D eigenvalue weighted by Crippen LogP contribution is 2.25. The van der Waals surface area contributed by atoms with Crippen LogP contribution in [-0.2, 0) is 11.3 Å². The summed E-state index contributed by atoms with van der Waals surface area (Å²) in [5, 5.41) is 5.48. The summed E-state index contributed by atoms with van der Waals surface area (Å²) in [6.45, 7) is 7.11. The molecule has 0 radical (unpaired) electrons. The second-order valence-corrected chi connectivity index (χ2v) is 7.43. The Labute approximate surface area is 179 Å². The molecule has 160 valence electrons. The van der Waals surface area contributed by atoms with Gasteiger partial charge in [-0.3, -0.25) is 9.48 Å². The Morgan fingerprint density at radius 1 is 1.13 bits per heavy atom. The van der Waals surface area contributed by atoms with Gasteiger partial charge in [-0.25, -0.2) is 4.79 Å². The predicted octanol–water partition coefficient (Wildman–Crippen LogP) is 4.29. The van der Waals surface area contributed by atoms with Gasteiger partial charge in [0.05, 0.1) is 18.3 Å². The number of aryl methyl sites for hydroxylation is 1. The van der Waals surface area contributed by atoms with E-state index in [0.717, 1.165) is 28.8 Å². The van der Waals surface area contributed by atoms with Gasteiger partial charge in [-0.2, -0.15) is 5.10 Å². The number of ether oxygens (including phenoxy) is 1. The Morgan fingerprint density at radius 3 is 2.61 bits per heavy atom. The summed E-state index contributed by atoms with van der Waals surface area (Å²) in [5.74, 6) is 0.659. The van der Waals surface area contributed by atoms with Crippen LogP contribution < -0.4 is 15.3 Å². The smallest absolute Gasteiger partial charge is 0.347 e. The van der Waals surface area contributed by atoms with E-state index in [2.05, 4.69) is 5.10 Å². The summed E-state index contributed by atoms with van der Waals surface area (Å²) in [5.41, 5.74) is 2.47. The van der Waals surface area contributed by atoms with Crippen molar-refractivity contribution in [1.29, 1.82) is 0 Å². The summed E-state index contributed by atoms with van der Waals surface area (Å²) in [6.07, 6.45) is 2.28. The van der Waals surface area contributed by atoms with Crippen LogP contribution in [0, 0.1) is 6.92 Å². The van der Waals surface area contributed by atoms with E-state index in [9.17, 15) is 9.59 Å². The van der Waals surface area contributed by atoms with Gasteiger partial charge in [-0.15, -0.1) is 0 Å². The maximum atomic E-state index is 13.3. The third kappa shape index (κ3) is 4.03. The van der Waals surface area contributed by atoms with Crippen molar-refractivity contribution in [3.63, 3.8) is 0 Å². The number of rotatable bonds is 7. The number of hydrogen-bond acceptors (Lipinski definition) is 5. The number of carbonyl (C=O) groups is 1. The molecule has 0 fully saturated rings. The standard InChI is InChI=1S/C24H25N3O4/c1-4-12-26(17-7-9-18(10-8-17)30-5-2)22(28)15-27-23-19-13-16(3)6-11-21(19)31-24(29)20(23)14-25-27/h6-11,13-14H,4-5,12,15H2,1-3H3. The number of nitrogens with zero attached hydrogens (tertiary/aromatic N) is 3. The zero-order chi connectivity index (χ0) is 22.0. The molecule has 0 N–H and O–H groups in total. The van der Waals surface area contributed by atoms with Gasteiger partial charge in [-0.05, 0) is 56.7 Å². The lowest BCUT2D eigenvalue weighted by Gasteiger charge is -2.23. The van der Waals surface area contributed by atoms with Crippen LogP contribution in [0.1, 0.15) is 25.8 Å². The molecule has 0 aliphatic rings. The molecule has 0 spiro atoms. The van der Waals surface area contributed by atoms with Crippen molar-refractivity contribution in [3.05, 3.63) is 64.6 Å². The van der Waals surface area contributed by atoms with E-state index >= 15 is 0 Å². The molecule has 1 amide bonds. The van der Waals surface area contributed by atoms with Crippen molar-refractivity contribution < 1.29 is 13.9 Å². The number of aromatic nitrogens is 2. The van der Waals surface area contributed by atoms with Crippen LogP contribution in [0.3, 0.4) is 0 Å². The topological polar surface area (TPSA) is 77.6 Å². The van der Waals surface area contributed by atoms with Crippen LogP contribution in [0.2, 0.25) is 0 Å². The van der Waals surface area contributed by atoms with Gasteiger partial charge in [0, 0.05) is 17.6 Å². The lowest BCUT2D eigenvalue weighted by atomic mass is 10.1. The Balaban J connectivity index is 1.71. The van der Waals surface area contributed by atoms with Gasteiger partial charge in [0.25, 0.3) is 0 Å². The minimum atomic E-state index is -0.457. The van der Waals surface area contributed by atoms with E-state index in [1.165, 1.54) is 6.20 Å². The van der Waals surface area contributed by atoms with E-state index < -0.39 is 5.63 Å². The van der Waals surface area contributed by atoms with Crippen molar-refractivity contribution in [2.24, 2.45) is 0 Å². The molecule has 4 rings (SSSR count). The minimum Gasteiger partial charge on any atom is -0.494 e. The van der Waals surface area contributed by atoms with Crippen LogP contribution in [0.4, 0.5) is 5.69 Å². The number of hydrogen-bond donors (Lipinski definition) is 0. The second-order valence-electron chi connectivity index (χ2n) is 7.43. The highest BCUT2D eigenvalue weighted by molar-refractivity contribution is 6.03. The van der Waals surface area contributed by atoms with Crippen LogP contribution >= 0.6 is 0 Å². The van der Waals surface area contributed by atoms with E-state index in [1.807, 2.05) is 57.2 Å². The molecule has 2 heterocycles. The molecule has 2 aromatic carbocycles. The Morgan fingerprint density at radius 2 is 1.90 bits per heavy atom. The first-order valence-electron chi connectivity index (χ1n) is 10.4. The van der Waals surface area contributed by atoms with Crippen molar-refractivity contribution in [1.82, 2.24) is 9.78 Å². The zero-order valence-electron chi connectivity index (χ0n) is 17.9. The predicted molar refractivity (Wildman–Crippen MR) is 121 cm³/mol. The molecule has 0 aliphatic heterocycles. The average Bonchev–Trinajstić information content (AvgIpc) is 3.18. The molecule has 0 aliphatic carbocycles. The fourth-order valence-corrected chi connectivity index (χ4v) is 3.74. The van der Waals surface area contributed by atoms with Crippen molar-refractivity contribution in [2.75, 3.05) is 18.1 Å². The number of anilines is 1. The normalized spacial score (nSPS) is 11.2. The van der Waals surface area contributed by atoms with E-state index in [-0.39, 0.29) is 12.5 Å². The zero-order valence-corrected chi connectivity index (χ0v) is 17.9. The van der Waals surface area contributed by atoms with E-state index in [0.29, 0.717) is 29.6 Å². The van der Waals surface area contributed by atoms with Gasteiger partial charge in [-0.1, -0.05) is 18.6 Å². The molecule has 0 atom stereocenters. The lowest BCUT2D eigenvalue weighted by Crippen LogP contribution is -2.34. The summed E-state index contributed by atoms with van der Waals surface area (Å²) >= 11 is 0. The Hall–Kier alpha value is -3.61. The van der Waals surface area contributed by atoms with Crippen molar-refractivity contribution in [2.45, 2.75) is 33.7 Å². The lowest BCUT2D eigenvalue weighted by molar-refractivity contribution is -0.119. The minimum absolute atomic E-state index is 0.0171. The van der Waals surface area contributed by atoms with Gasteiger partial charge in [0.15, 0.2) is 0 Å². The summed E-state index contributed by atoms with van der Waals surface area (Å²) in [7, 11) is 0. The van der Waals surface area contributed by atoms with Gasteiger partial charge >= 0.3 is 5.63 Å². The second kappa shape index (κ2) is 8.63. The molecule has 7 heteroatoms. The molecule has 2 aromatic heterocycles. The third-order valence-electron chi connectivity index (χ3n) is 5.14. The number of carbonyl (C=O) groups excluding carboxylic acids is 1. The maximum Gasteiger partial charge on any atom is 0.347 e. The summed E-state index contributed by atoms with van der Waals surface area (Å²) in [4.78, 5) is 27.4. The first kappa shape index (κ1) is 20.7. The molecule has 0 unspecified atom stereocenters. The first-order chi connectivity index (χ1) is 15.0. The van der Waals surface area contributed by atoms with Crippen LogP contribution in [-0.4, -0.2) is 28.8 Å². The van der Waals surface area contributed by atoms with Gasteiger partial charge in [0.1, 0.15) is 23.3 Å². The number of fused-ring (bicyclic) bond motifs is 3. The van der Waals surface area contributed by atoms with Crippen LogP contribution in [0.15, 0.2) is 57.9 Å². The van der Waals surface area contributed by atoms with E-state index in [1.54, 1.807) is 15.6 Å². The molecule has 0 saturated carbocycles. The first-order valence-corrected chi connectivity index (χ1v) is 10.4. The highest BCUT2D eigenvalue weighted by atomic mass is 16.5. The van der Waals surface area contributed by atoms with Crippen LogP contribution in [0.25, 0.3) is 21.9 Å². The quantitative estimate of drug-likeness (QED) is 0.418. The van der Waals surface area contributed by atoms with Gasteiger partial charge < -0.3 is 14.1 Å². The van der Waals surface area contributed by atoms with Gasteiger partial charge in [0.2, 0.25) is 5.91 Å². The average molecular weight is 419 g/mol. The molecule has 7 nitrogen and oxygen atoms in total.